The van der Waals surface area contributed by atoms with Crippen LogP contribution in [0.4, 0.5) is 0 Å². The fourth-order valence-corrected chi connectivity index (χ4v) is 4.31. The third-order valence-electron chi connectivity index (χ3n) is 3.44. The lowest BCUT2D eigenvalue weighted by Gasteiger charge is -2.14. The molecule has 0 spiro atoms. The van der Waals surface area contributed by atoms with E-state index in [2.05, 4.69) is 85.0 Å². The first-order valence-corrected chi connectivity index (χ1v) is 8.93. The summed E-state index contributed by atoms with van der Waals surface area (Å²) in [7, 11) is 0. The molecule has 2 aromatic rings. The van der Waals surface area contributed by atoms with Crippen LogP contribution < -0.4 is 4.74 Å². The zero-order valence-corrected chi connectivity index (χ0v) is 15.6. The fourth-order valence-electron chi connectivity index (χ4n) is 2.49. The van der Waals surface area contributed by atoms with Gasteiger partial charge in [0.2, 0.25) is 0 Å². The Morgan fingerprint density at radius 2 is 1.95 bits per heavy atom. The van der Waals surface area contributed by atoms with E-state index in [9.17, 15) is 0 Å². The molecule has 0 saturated heterocycles. The van der Waals surface area contributed by atoms with E-state index in [1.54, 1.807) is 0 Å². The van der Waals surface area contributed by atoms with Crippen molar-refractivity contribution in [3.8, 4) is 5.75 Å². The molecule has 0 aliphatic carbocycles. The summed E-state index contributed by atoms with van der Waals surface area (Å²) in [6.45, 7) is 2.11. The Balaban J connectivity index is 1.97. The highest BCUT2D eigenvalue weighted by Gasteiger charge is 2.21. The molecular weight excluding hydrogens is 448 g/mol. The van der Waals surface area contributed by atoms with E-state index in [0.717, 1.165) is 21.1 Å². The van der Waals surface area contributed by atoms with Crippen LogP contribution >= 0.6 is 47.8 Å². The zero-order valence-electron chi connectivity index (χ0n) is 10.9. The van der Waals surface area contributed by atoms with Gasteiger partial charge in [0.05, 0.1) is 4.83 Å². The fraction of sp³-hybridized carbons (Fsp3) is 0.250. The average molecular weight is 461 g/mol. The number of rotatable bonds is 2. The molecule has 1 aliphatic heterocycles. The first-order chi connectivity index (χ1) is 9.54. The monoisotopic (exact) mass is 458 g/mol. The zero-order chi connectivity index (χ0) is 14.3. The summed E-state index contributed by atoms with van der Waals surface area (Å²) < 4.78 is 7.94. The van der Waals surface area contributed by atoms with Gasteiger partial charge in [0.1, 0.15) is 11.9 Å². The van der Waals surface area contributed by atoms with Gasteiger partial charge >= 0.3 is 0 Å². The minimum atomic E-state index is 0.163. The molecule has 4 heteroatoms. The van der Waals surface area contributed by atoms with Crippen LogP contribution in [0.2, 0.25) is 0 Å². The van der Waals surface area contributed by atoms with Gasteiger partial charge in [-0.1, -0.05) is 59.9 Å². The predicted octanol–water partition coefficient (Wildman–Crippen LogP) is 6.02. The van der Waals surface area contributed by atoms with E-state index in [0.29, 0.717) is 0 Å². The molecule has 104 valence electrons. The summed E-state index contributed by atoms with van der Waals surface area (Å²) in [4.78, 5) is 0.163. The van der Waals surface area contributed by atoms with E-state index in [4.69, 9.17) is 4.74 Å². The van der Waals surface area contributed by atoms with E-state index < -0.39 is 0 Å². The number of halogens is 3. The first-order valence-electron chi connectivity index (χ1n) is 6.43. The van der Waals surface area contributed by atoms with Gasteiger partial charge in [0.25, 0.3) is 0 Å². The van der Waals surface area contributed by atoms with Crippen LogP contribution in [-0.2, 0) is 6.42 Å². The van der Waals surface area contributed by atoms with Crippen molar-refractivity contribution in [3.63, 3.8) is 0 Å². The Morgan fingerprint density at radius 3 is 2.75 bits per heavy atom. The molecule has 0 fully saturated rings. The number of hydrogen-bond donors (Lipinski definition) is 0. The summed E-state index contributed by atoms with van der Waals surface area (Å²) >= 11 is 11.0. The summed E-state index contributed by atoms with van der Waals surface area (Å²) in [6, 6.07) is 12.7. The highest BCUT2D eigenvalue weighted by atomic mass is 79.9. The van der Waals surface area contributed by atoms with Crippen molar-refractivity contribution in [1.82, 2.24) is 0 Å². The van der Waals surface area contributed by atoms with Crippen LogP contribution in [-0.4, -0.2) is 6.10 Å². The van der Waals surface area contributed by atoms with Crippen molar-refractivity contribution in [2.45, 2.75) is 24.3 Å². The van der Waals surface area contributed by atoms with E-state index in [1.165, 1.54) is 16.7 Å². The minimum absolute atomic E-state index is 0.163. The van der Waals surface area contributed by atoms with Crippen molar-refractivity contribution in [2.75, 3.05) is 0 Å². The maximum Gasteiger partial charge on any atom is 0.123 e. The molecule has 2 unspecified atom stereocenters. The summed E-state index contributed by atoms with van der Waals surface area (Å²) in [6.07, 6.45) is 1.27. The lowest BCUT2D eigenvalue weighted by Crippen LogP contribution is -2.05. The van der Waals surface area contributed by atoms with Crippen molar-refractivity contribution in [3.05, 3.63) is 62.0 Å². The molecule has 20 heavy (non-hydrogen) atoms. The largest absolute Gasteiger partial charge is 0.490 e. The molecule has 2 atom stereocenters. The van der Waals surface area contributed by atoms with Gasteiger partial charge in [-0.05, 0) is 47.9 Å². The van der Waals surface area contributed by atoms with Crippen LogP contribution in [0.5, 0.6) is 5.75 Å². The Kier molecular flexibility index (Phi) is 4.25. The van der Waals surface area contributed by atoms with Crippen molar-refractivity contribution >= 4 is 47.8 Å². The number of alkyl halides is 1. The van der Waals surface area contributed by atoms with Gasteiger partial charge in [-0.2, -0.15) is 0 Å². The van der Waals surface area contributed by atoms with Crippen molar-refractivity contribution in [1.29, 1.82) is 0 Å². The second-order valence-electron chi connectivity index (χ2n) is 5.03. The predicted molar refractivity (Wildman–Crippen MR) is 92.8 cm³/mol. The number of fused-ring (bicyclic) bond motifs is 1. The molecule has 0 amide bonds. The Labute approximate surface area is 144 Å². The molecule has 0 saturated carbocycles. The lowest BCUT2D eigenvalue weighted by atomic mass is 10.0. The smallest absolute Gasteiger partial charge is 0.123 e. The van der Waals surface area contributed by atoms with Crippen molar-refractivity contribution in [2.24, 2.45) is 0 Å². The second-order valence-corrected chi connectivity index (χ2v) is 7.71. The van der Waals surface area contributed by atoms with Crippen LogP contribution in [0, 0.1) is 0 Å². The molecule has 1 heterocycles. The maximum atomic E-state index is 5.76. The molecule has 0 N–H and O–H groups in total. The average Bonchev–Trinajstić information content (AvgIpc) is 2.79. The first kappa shape index (κ1) is 14.6. The van der Waals surface area contributed by atoms with E-state index in [1.807, 2.05) is 6.07 Å². The molecule has 0 aromatic heterocycles. The topological polar surface area (TPSA) is 9.23 Å². The van der Waals surface area contributed by atoms with E-state index >= 15 is 0 Å². The normalized spacial score (nSPS) is 18.5. The Hall–Kier alpha value is -0.320. The standard InChI is InChI=1S/C16H13Br3O/c1-9-6-11-7-10(2-5-15(11)20-9)16(19)13-8-12(17)3-4-14(13)18/h2-5,7-9,16H,6H2,1H3. The number of ether oxygens (including phenoxy) is 1. The molecule has 1 aliphatic rings. The van der Waals surface area contributed by atoms with Crippen LogP contribution in [0.3, 0.4) is 0 Å². The summed E-state index contributed by atoms with van der Waals surface area (Å²) in [5, 5.41) is 0. The van der Waals surface area contributed by atoms with Gasteiger partial charge in [-0.15, -0.1) is 0 Å². The SMILES string of the molecule is CC1Cc2cc(C(Br)c3cc(Br)ccc3Br)ccc2O1. The third-order valence-corrected chi connectivity index (χ3v) is 5.68. The van der Waals surface area contributed by atoms with Gasteiger partial charge < -0.3 is 4.74 Å². The number of hydrogen-bond acceptors (Lipinski definition) is 1. The maximum absolute atomic E-state index is 5.76. The van der Waals surface area contributed by atoms with Gasteiger partial charge in [0.15, 0.2) is 0 Å². The van der Waals surface area contributed by atoms with Gasteiger partial charge in [0, 0.05) is 15.4 Å². The van der Waals surface area contributed by atoms with Crippen molar-refractivity contribution < 1.29 is 4.74 Å². The number of benzene rings is 2. The van der Waals surface area contributed by atoms with E-state index in [-0.39, 0.29) is 10.9 Å². The Bertz CT molecular complexity index is 654. The van der Waals surface area contributed by atoms with Gasteiger partial charge in [-0.25, -0.2) is 0 Å². The highest BCUT2D eigenvalue weighted by Crippen LogP contribution is 2.39. The molecule has 0 radical (unpaired) electrons. The van der Waals surface area contributed by atoms with Gasteiger partial charge in [-0.3, -0.25) is 0 Å². The quantitative estimate of drug-likeness (QED) is 0.498. The summed E-state index contributed by atoms with van der Waals surface area (Å²) in [5.41, 5.74) is 3.76. The van der Waals surface area contributed by atoms with Crippen LogP contribution in [0.15, 0.2) is 45.3 Å². The third kappa shape index (κ3) is 2.83. The molecule has 2 aromatic carbocycles. The lowest BCUT2D eigenvalue weighted by molar-refractivity contribution is 0.254. The minimum Gasteiger partial charge on any atom is -0.490 e. The summed E-state index contributed by atoms with van der Waals surface area (Å²) in [5.74, 6) is 1.02. The molecule has 1 nitrogen and oxygen atoms in total. The van der Waals surface area contributed by atoms with Crippen LogP contribution in [0.1, 0.15) is 28.4 Å². The molecular formula is C16H13Br3O. The molecule has 0 bridgehead atoms. The second kappa shape index (κ2) is 5.82. The van der Waals surface area contributed by atoms with Crippen LogP contribution in [0.25, 0.3) is 0 Å². The molecule has 3 rings (SSSR count). The Morgan fingerprint density at radius 1 is 1.15 bits per heavy atom. The highest BCUT2D eigenvalue weighted by molar-refractivity contribution is 9.11.